The van der Waals surface area contributed by atoms with Gasteiger partial charge >= 0.3 is 0 Å². The van der Waals surface area contributed by atoms with Crippen LogP contribution >= 0.6 is 0 Å². The fourth-order valence-electron chi connectivity index (χ4n) is 3.11. The molecule has 0 radical (unpaired) electrons. The minimum atomic E-state index is -3.20. The summed E-state index contributed by atoms with van der Waals surface area (Å²) in [7, 11) is -3.20. The van der Waals surface area contributed by atoms with Gasteiger partial charge in [-0.15, -0.1) is 0 Å². The van der Waals surface area contributed by atoms with Crippen molar-refractivity contribution in [2.45, 2.75) is 63.1 Å². The summed E-state index contributed by atoms with van der Waals surface area (Å²) in [5.74, 6) is 0.505. The van der Waals surface area contributed by atoms with Crippen LogP contribution < -0.4 is 16.2 Å². The fourth-order valence-corrected chi connectivity index (χ4v) is 3.74. The predicted molar refractivity (Wildman–Crippen MR) is 98.6 cm³/mol. The van der Waals surface area contributed by atoms with Gasteiger partial charge in [-0.25, -0.2) is 8.42 Å². The van der Waals surface area contributed by atoms with Crippen molar-refractivity contribution >= 4 is 15.7 Å². The second kappa shape index (κ2) is 8.29. The molecule has 0 bridgehead atoms. The van der Waals surface area contributed by atoms with E-state index in [-0.39, 0.29) is 11.9 Å². The third kappa shape index (κ3) is 5.26. The van der Waals surface area contributed by atoms with E-state index < -0.39 is 9.84 Å². The smallest absolute Gasteiger partial charge is 0.220 e. The number of hydrazine groups is 1. The van der Waals surface area contributed by atoms with E-state index in [2.05, 4.69) is 30.0 Å². The number of hydrogen-bond acceptors (Lipinski definition) is 5. The molecule has 25 heavy (non-hydrogen) atoms. The first kappa shape index (κ1) is 19.9. The summed E-state index contributed by atoms with van der Waals surface area (Å²) in [5, 5.41) is 3.05. The van der Waals surface area contributed by atoms with Crippen LogP contribution in [0.4, 0.5) is 0 Å². The molecule has 0 saturated carbocycles. The van der Waals surface area contributed by atoms with E-state index in [9.17, 15) is 13.2 Å². The number of sulfone groups is 1. The molecular weight excluding hydrogens is 338 g/mol. The molecule has 4 unspecified atom stereocenters. The number of carbonyl (C=O) groups excluding carboxylic acids is 1. The molecule has 1 heterocycles. The van der Waals surface area contributed by atoms with E-state index in [1.165, 1.54) is 6.26 Å². The average molecular weight is 368 g/mol. The van der Waals surface area contributed by atoms with Gasteiger partial charge in [-0.05, 0) is 43.4 Å². The van der Waals surface area contributed by atoms with Gasteiger partial charge in [0.25, 0.3) is 0 Å². The normalized spacial score (nSPS) is 24.9. The molecule has 1 aromatic rings. The van der Waals surface area contributed by atoms with E-state index in [0.29, 0.717) is 29.3 Å². The molecule has 1 aliphatic heterocycles. The number of benzene rings is 1. The van der Waals surface area contributed by atoms with Gasteiger partial charge < -0.3 is 5.32 Å². The highest BCUT2D eigenvalue weighted by molar-refractivity contribution is 7.90. The zero-order valence-corrected chi connectivity index (χ0v) is 16.2. The Kier molecular flexibility index (Phi) is 6.59. The summed E-state index contributed by atoms with van der Waals surface area (Å²) in [6.07, 6.45) is 3.19. The van der Waals surface area contributed by atoms with Gasteiger partial charge in [0, 0.05) is 24.8 Å². The summed E-state index contributed by atoms with van der Waals surface area (Å²) >= 11 is 0. The van der Waals surface area contributed by atoms with Crippen LogP contribution in [0, 0.1) is 5.92 Å². The lowest BCUT2D eigenvalue weighted by Gasteiger charge is -2.19. The number of hydrogen-bond donors (Lipinski definition) is 3. The quantitative estimate of drug-likeness (QED) is 0.685. The minimum Gasteiger partial charge on any atom is -0.349 e. The minimum absolute atomic E-state index is 0.0209. The Morgan fingerprint density at radius 2 is 1.84 bits per heavy atom. The first-order valence-corrected chi connectivity index (χ1v) is 10.7. The van der Waals surface area contributed by atoms with Gasteiger partial charge in [-0.2, -0.15) is 0 Å². The van der Waals surface area contributed by atoms with E-state index in [0.717, 1.165) is 18.4 Å². The third-order valence-electron chi connectivity index (χ3n) is 5.06. The molecular formula is C18H29N3O3S. The lowest BCUT2D eigenvalue weighted by atomic mass is 9.94. The molecule has 6 nitrogen and oxygen atoms in total. The number of carbonyl (C=O) groups is 1. The lowest BCUT2D eigenvalue weighted by molar-refractivity contribution is -0.122. The van der Waals surface area contributed by atoms with Crippen molar-refractivity contribution in [3.8, 4) is 0 Å². The van der Waals surface area contributed by atoms with Gasteiger partial charge in [-0.1, -0.05) is 26.0 Å². The van der Waals surface area contributed by atoms with Crippen LogP contribution in [0.3, 0.4) is 0 Å². The Morgan fingerprint density at radius 3 is 2.32 bits per heavy atom. The average Bonchev–Trinajstić information content (AvgIpc) is 2.89. The lowest BCUT2D eigenvalue weighted by Crippen LogP contribution is -2.34. The summed E-state index contributed by atoms with van der Waals surface area (Å²) < 4.78 is 23.1. The topological polar surface area (TPSA) is 87.3 Å². The summed E-state index contributed by atoms with van der Waals surface area (Å²) in [6, 6.07) is 7.34. The molecule has 0 aliphatic carbocycles. The van der Waals surface area contributed by atoms with E-state index in [4.69, 9.17) is 0 Å². The zero-order chi connectivity index (χ0) is 18.6. The van der Waals surface area contributed by atoms with Crippen molar-refractivity contribution in [1.82, 2.24) is 16.2 Å². The molecule has 1 aromatic carbocycles. The van der Waals surface area contributed by atoms with Gasteiger partial charge in [0.05, 0.1) is 10.9 Å². The number of amides is 1. The monoisotopic (exact) mass is 367 g/mol. The standard InChI is InChI=1S/C18H29N3O3S/c1-5-16(14-6-8-15(9-7-14)25(4,23)24)19-18(22)11-10-17-12(2)13(3)20-21-17/h6-9,12-13,16-17,20-21H,5,10-11H2,1-4H3,(H,19,22). The van der Waals surface area contributed by atoms with Crippen molar-refractivity contribution in [3.63, 3.8) is 0 Å². The Hall–Kier alpha value is -1.44. The number of nitrogens with one attached hydrogen (secondary N) is 3. The molecule has 2 rings (SSSR count). The van der Waals surface area contributed by atoms with Crippen LogP contribution in [-0.4, -0.2) is 32.7 Å². The summed E-state index contributed by atoms with van der Waals surface area (Å²) in [6.45, 7) is 6.31. The fraction of sp³-hybridized carbons (Fsp3) is 0.611. The highest BCUT2D eigenvalue weighted by atomic mass is 32.2. The first-order valence-electron chi connectivity index (χ1n) is 8.82. The van der Waals surface area contributed by atoms with Gasteiger partial charge in [-0.3, -0.25) is 15.6 Å². The van der Waals surface area contributed by atoms with E-state index in [1.807, 2.05) is 6.92 Å². The molecule has 1 fully saturated rings. The van der Waals surface area contributed by atoms with Crippen molar-refractivity contribution in [1.29, 1.82) is 0 Å². The number of rotatable bonds is 7. The van der Waals surface area contributed by atoms with Crippen LogP contribution in [0.1, 0.15) is 51.6 Å². The third-order valence-corrected chi connectivity index (χ3v) is 6.18. The Labute approximate surface area is 150 Å². The molecule has 7 heteroatoms. The Morgan fingerprint density at radius 1 is 1.20 bits per heavy atom. The molecule has 4 atom stereocenters. The maximum atomic E-state index is 12.3. The second-order valence-electron chi connectivity index (χ2n) is 6.95. The van der Waals surface area contributed by atoms with Gasteiger partial charge in [0.15, 0.2) is 9.84 Å². The molecule has 1 saturated heterocycles. The predicted octanol–water partition coefficient (Wildman–Crippen LogP) is 1.94. The molecule has 1 aliphatic rings. The largest absolute Gasteiger partial charge is 0.349 e. The molecule has 0 spiro atoms. The highest BCUT2D eigenvalue weighted by Gasteiger charge is 2.29. The second-order valence-corrected chi connectivity index (χ2v) is 8.97. The van der Waals surface area contributed by atoms with Crippen molar-refractivity contribution in [3.05, 3.63) is 29.8 Å². The highest BCUT2D eigenvalue weighted by Crippen LogP contribution is 2.21. The van der Waals surface area contributed by atoms with Crippen molar-refractivity contribution in [2.24, 2.45) is 5.92 Å². The van der Waals surface area contributed by atoms with E-state index >= 15 is 0 Å². The SMILES string of the molecule is CCC(NC(=O)CCC1NNC(C)C1C)c1ccc(S(C)(=O)=O)cc1. The maximum absolute atomic E-state index is 12.3. The van der Waals surface area contributed by atoms with Crippen LogP contribution in [0.5, 0.6) is 0 Å². The first-order chi connectivity index (χ1) is 11.7. The van der Waals surface area contributed by atoms with Gasteiger partial charge in [0.1, 0.15) is 0 Å². The van der Waals surface area contributed by atoms with E-state index in [1.54, 1.807) is 24.3 Å². The van der Waals surface area contributed by atoms with Gasteiger partial charge in [0.2, 0.25) is 5.91 Å². The van der Waals surface area contributed by atoms with Crippen molar-refractivity contribution in [2.75, 3.05) is 6.26 Å². The molecule has 3 N–H and O–H groups in total. The summed E-state index contributed by atoms with van der Waals surface area (Å²) in [5.41, 5.74) is 7.37. The molecule has 140 valence electrons. The van der Waals surface area contributed by atoms with Crippen LogP contribution in [0.15, 0.2) is 29.2 Å². The van der Waals surface area contributed by atoms with Crippen LogP contribution in [0.25, 0.3) is 0 Å². The summed E-state index contributed by atoms with van der Waals surface area (Å²) in [4.78, 5) is 12.6. The van der Waals surface area contributed by atoms with Crippen molar-refractivity contribution < 1.29 is 13.2 Å². The molecule has 1 amide bonds. The molecule has 0 aromatic heterocycles. The Bertz CT molecular complexity index is 688. The van der Waals surface area contributed by atoms with Crippen LogP contribution in [-0.2, 0) is 14.6 Å². The maximum Gasteiger partial charge on any atom is 0.220 e. The van der Waals surface area contributed by atoms with Crippen LogP contribution in [0.2, 0.25) is 0 Å². The Balaban J connectivity index is 1.91. The zero-order valence-electron chi connectivity index (χ0n) is 15.4.